The lowest BCUT2D eigenvalue weighted by atomic mass is 10.0. The third kappa shape index (κ3) is 3.16. The van der Waals surface area contributed by atoms with Crippen LogP contribution in [0.25, 0.3) is 16.2 Å². The highest BCUT2D eigenvalue weighted by atomic mass is 32.1. The lowest BCUT2D eigenvalue weighted by Gasteiger charge is -2.06. The maximum Gasteiger partial charge on any atom is 0.213 e. The third-order valence-corrected chi connectivity index (χ3v) is 5.04. The Morgan fingerprint density at radius 2 is 1.83 bits per heavy atom. The molecule has 3 rings (SSSR count). The first-order chi connectivity index (χ1) is 11.0. The Morgan fingerprint density at radius 1 is 1.13 bits per heavy atom. The van der Waals surface area contributed by atoms with E-state index in [4.69, 9.17) is 4.98 Å². The van der Waals surface area contributed by atoms with Crippen LogP contribution in [0.2, 0.25) is 0 Å². The lowest BCUT2D eigenvalue weighted by Crippen LogP contribution is -1.98. The van der Waals surface area contributed by atoms with Gasteiger partial charge in [-0.05, 0) is 17.9 Å². The summed E-state index contributed by atoms with van der Waals surface area (Å²) in [5.74, 6) is 1.01. The Hall–Kier alpha value is -1.72. The van der Waals surface area contributed by atoms with Gasteiger partial charge < -0.3 is 5.11 Å². The molecule has 0 saturated heterocycles. The van der Waals surface area contributed by atoms with Crippen molar-refractivity contribution < 1.29 is 5.11 Å². The van der Waals surface area contributed by atoms with Gasteiger partial charge in [0.25, 0.3) is 0 Å². The van der Waals surface area contributed by atoms with Crippen LogP contribution in [0, 0.1) is 5.92 Å². The molecule has 1 N–H and O–H groups in total. The second kappa shape index (κ2) is 6.42. The summed E-state index contributed by atoms with van der Waals surface area (Å²) in [6, 6.07) is 8.48. The summed E-state index contributed by atoms with van der Waals surface area (Å²) in [6.07, 6.45) is 1.07. The number of aliphatic hydroxyl groups excluding tert-OH is 1. The summed E-state index contributed by atoms with van der Waals surface area (Å²) in [5.41, 5.74) is 3.96. The van der Waals surface area contributed by atoms with Crippen LogP contribution in [0.4, 0.5) is 0 Å². The summed E-state index contributed by atoms with van der Waals surface area (Å²) in [5, 5.41) is 15.4. The molecule has 0 radical (unpaired) electrons. The molecule has 0 spiro atoms. The van der Waals surface area contributed by atoms with Crippen molar-refractivity contribution in [3.8, 4) is 11.3 Å². The van der Waals surface area contributed by atoms with Crippen molar-refractivity contribution in [2.75, 3.05) is 0 Å². The molecule has 0 aliphatic heterocycles. The number of rotatable bonds is 5. The summed E-state index contributed by atoms with van der Waals surface area (Å²) in [7, 11) is 0. The summed E-state index contributed by atoms with van der Waals surface area (Å²) in [6.45, 7) is 8.61. The molecule has 1 aromatic carbocycles. The smallest absolute Gasteiger partial charge is 0.213 e. The van der Waals surface area contributed by atoms with Gasteiger partial charge in [0.05, 0.1) is 18.0 Å². The van der Waals surface area contributed by atoms with Crippen LogP contribution in [0.15, 0.2) is 24.3 Å². The molecule has 2 aromatic heterocycles. The monoisotopic (exact) mass is 329 g/mol. The number of aromatic nitrogens is 3. The first kappa shape index (κ1) is 16.1. The van der Waals surface area contributed by atoms with Gasteiger partial charge in [-0.1, -0.05) is 63.3 Å². The summed E-state index contributed by atoms with van der Waals surface area (Å²) >= 11 is 1.59. The predicted octanol–water partition coefficient (Wildman–Crippen LogP) is 4.27. The van der Waals surface area contributed by atoms with Crippen molar-refractivity contribution in [2.45, 2.75) is 46.6 Å². The van der Waals surface area contributed by atoms with Gasteiger partial charge in [-0.15, -0.1) is 0 Å². The minimum atomic E-state index is -0.0640. The van der Waals surface area contributed by atoms with Crippen LogP contribution in [0.1, 0.15) is 49.9 Å². The number of hydrogen-bond acceptors (Lipinski definition) is 4. The molecule has 0 saturated carbocycles. The standard InChI is InChI=1S/C18H23N3OS/c1-11(2)9-13-5-7-14(8-6-13)16-15(10-22)21-18(19-16)23-17(20-21)12(3)4/h5-8,11-12,22H,9-10H2,1-4H3. The topological polar surface area (TPSA) is 50.4 Å². The highest BCUT2D eigenvalue weighted by Crippen LogP contribution is 2.29. The first-order valence-corrected chi connectivity index (χ1v) is 8.89. The van der Waals surface area contributed by atoms with Gasteiger partial charge in [0.1, 0.15) is 5.01 Å². The Labute approximate surface area is 140 Å². The van der Waals surface area contributed by atoms with Crippen LogP contribution in [0.5, 0.6) is 0 Å². The fourth-order valence-electron chi connectivity index (χ4n) is 2.68. The van der Waals surface area contributed by atoms with E-state index in [1.165, 1.54) is 5.56 Å². The minimum Gasteiger partial charge on any atom is -0.390 e. The molecule has 3 aromatic rings. The van der Waals surface area contributed by atoms with Crippen molar-refractivity contribution in [1.82, 2.24) is 14.6 Å². The molecular weight excluding hydrogens is 306 g/mol. The molecule has 2 heterocycles. The lowest BCUT2D eigenvalue weighted by molar-refractivity contribution is 0.275. The van der Waals surface area contributed by atoms with Gasteiger partial charge in [0, 0.05) is 11.5 Å². The number of hydrogen-bond donors (Lipinski definition) is 1. The van der Waals surface area contributed by atoms with Gasteiger partial charge in [-0.25, -0.2) is 9.50 Å². The molecule has 0 unspecified atom stereocenters. The predicted molar refractivity (Wildman–Crippen MR) is 94.9 cm³/mol. The van der Waals surface area contributed by atoms with E-state index in [-0.39, 0.29) is 6.61 Å². The van der Waals surface area contributed by atoms with E-state index in [0.717, 1.165) is 33.3 Å². The zero-order chi connectivity index (χ0) is 16.6. The summed E-state index contributed by atoms with van der Waals surface area (Å²) < 4.78 is 1.79. The van der Waals surface area contributed by atoms with Gasteiger partial charge in [-0.2, -0.15) is 5.10 Å². The normalized spacial score (nSPS) is 12.0. The van der Waals surface area contributed by atoms with Crippen LogP contribution in [-0.4, -0.2) is 19.7 Å². The Bertz CT molecular complexity index is 800. The molecule has 0 atom stereocenters. The van der Waals surface area contributed by atoms with Gasteiger partial charge in [0.15, 0.2) is 0 Å². The van der Waals surface area contributed by atoms with Crippen molar-refractivity contribution >= 4 is 16.3 Å². The van der Waals surface area contributed by atoms with E-state index in [9.17, 15) is 5.11 Å². The van der Waals surface area contributed by atoms with Crippen LogP contribution >= 0.6 is 11.3 Å². The number of nitrogens with zero attached hydrogens (tertiary/aromatic N) is 3. The molecule has 5 heteroatoms. The van der Waals surface area contributed by atoms with E-state index >= 15 is 0 Å². The molecule has 122 valence electrons. The quantitative estimate of drug-likeness (QED) is 0.760. The fourth-order valence-corrected chi connectivity index (χ4v) is 3.60. The number of aliphatic hydroxyl groups is 1. The molecular formula is C18H23N3OS. The third-order valence-electron chi connectivity index (χ3n) is 3.83. The number of imidazole rings is 1. The van der Waals surface area contributed by atoms with E-state index < -0.39 is 0 Å². The zero-order valence-electron chi connectivity index (χ0n) is 14.1. The highest BCUT2D eigenvalue weighted by molar-refractivity contribution is 7.16. The largest absolute Gasteiger partial charge is 0.390 e. The zero-order valence-corrected chi connectivity index (χ0v) is 14.9. The van der Waals surface area contributed by atoms with Gasteiger partial charge >= 0.3 is 0 Å². The minimum absolute atomic E-state index is 0.0640. The van der Waals surface area contributed by atoms with Crippen molar-refractivity contribution in [1.29, 1.82) is 0 Å². The summed E-state index contributed by atoms with van der Waals surface area (Å²) in [4.78, 5) is 5.55. The average Bonchev–Trinajstić information content (AvgIpc) is 3.04. The second-order valence-corrected chi connectivity index (χ2v) is 7.64. The van der Waals surface area contributed by atoms with E-state index in [1.54, 1.807) is 15.9 Å². The van der Waals surface area contributed by atoms with Crippen LogP contribution < -0.4 is 0 Å². The van der Waals surface area contributed by atoms with Crippen molar-refractivity contribution in [2.24, 2.45) is 5.92 Å². The van der Waals surface area contributed by atoms with Crippen molar-refractivity contribution in [3.05, 3.63) is 40.5 Å². The Morgan fingerprint density at radius 3 is 2.39 bits per heavy atom. The van der Waals surface area contributed by atoms with Gasteiger partial charge in [-0.3, -0.25) is 0 Å². The maximum atomic E-state index is 9.79. The molecule has 0 fully saturated rings. The molecule has 23 heavy (non-hydrogen) atoms. The SMILES string of the molecule is CC(C)Cc1ccc(-c2nc3sc(C(C)C)nn3c2CO)cc1. The number of benzene rings is 1. The Kier molecular flexibility index (Phi) is 4.50. The van der Waals surface area contributed by atoms with E-state index in [2.05, 4.69) is 57.1 Å². The molecule has 0 bridgehead atoms. The van der Waals surface area contributed by atoms with Crippen LogP contribution in [-0.2, 0) is 13.0 Å². The molecule has 4 nitrogen and oxygen atoms in total. The Balaban J connectivity index is 2.00. The van der Waals surface area contributed by atoms with E-state index in [1.807, 2.05) is 0 Å². The van der Waals surface area contributed by atoms with Crippen molar-refractivity contribution in [3.63, 3.8) is 0 Å². The van der Waals surface area contributed by atoms with Gasteiger partial charge in [0.2, 0.25) is 4.96 Å². The fraction of sp³-hybridized carbons (Fsp3) is 0.444. The maximum absolute atomic E-state index is 9.79. The van der Waals surface area contributed by atoms with Crippen LogP contribution in [0.3, 0.4) is 0 Å². The number of fused-ring (bicyclic) bond motifs is 1. The first-order valence-electron chi connectivity index (χ1n) is 8.08. The average molecular weight is 329 g/mol. The molecule has 0 aliphatic rings. The second-order valence-electron chi connectivity index (χ2n) is 6.65. The molecule has 0 aliphatic carbocycles. The van der Waals surface area contributed by atoms with E-state index in [0.29, 0.717) is 11.8 Å². The highest BCUT2D eigenvalue weighted by Gasteiger charge is 2.18. The molecule has 0 amide bonds.